The normalized spacial score (nSPS) is 11.7. The fourth-order valence-corrected chi connectivity index (χ4v) is 2.53. The van der Waals surface area contributed by atoms with Gasteiger partial charge in [0, 0.05) is 11.4 Å². The summed E-state index contributed by atoms with van der Waals surface area (Å²) in [5.41, 5.74) is 8.00. The number of halogens is 1. The van der Waals surface area contributed by atoms with E-state index in [4.69, 9.17) is 4.74 Å². The van der Waals surface area contributed by atoms with Crippen LogP contribution < -0.4 is 15.6 Å². The van der Waals surface area contributed by atoms with Gasteiger partial charge in [-0.2, -0.15) is 0 Å². The minimum Gasteiger partial charge on any atom is -0.480 e. The highest BCUT2D eigenvalue weighted by Gasteiger charge is 2.16. The lowest BCUT2D eigenvalue weighted by Crippen LogP contribution is -2.40. The van der Waals surface area contributed by atoms with Gasteiger partial charge in [-0.15, -0.1) is 0 Å². The van der Waals surface area contributed by atoms with Crippen LogP contribution in [0.25, 0.3) is 0 Å². The van der Waals surface area contributed by atoms with Gasteiger partial charge in [0.25, 0.3) is 5.91 Å². The number of amides is 1. The number of carbonyl (C=O) groups is 1. The summed E-state index contributed by atoms with van der Waals surface area (Å²) >= 11 is 3.42. The average molecular weight is 379 g/mol. The summed E-state index contributed by atoms with van der Waals surface area (Å²) in [6.45, 7) is 7.38. The smallest absolute Gasteiger partial charge is 0.279 e. The second kappa shape index (κ2) is 7.41. The van der Waals surface area contributed by atoms with E-state index in [1.165, 1.54) is 0 Å². The van der Waals surface area contributed by atoms with Crippen LogP contribution in [0, 0.1) is 20.8 Å². The lowest BCUT2D eigenvalue weighted by Gasteiger charge is -2.16. The van der Waals surface area contributed by atoms with Crippen molar-refractivity contribution in [2.24, 2.45) is 0 Å². The Hall–Kier alpha value is -2.15. The van der Waals surface area contributed by atoms with E-state index in [0.29, 0.717) is 11.7 Å². The second-order valence-corrected chi connectivity index (χ2v) is 6.14. The van der Waals surface area contributed by atoms with E-state index in [9.17, 15) is 4.79 Å². The van der Waals surface area contributed by atoms with Crippen LogP contribution in [-0.4, -0.2) is 22.0 Å². The van der Waals surface area contributed by atoms with Crippen LogP contribution in [0.1, 0.15) is 23.9 Å². The molecular weight excluding hydrogens is 360 g/mol. The number of nitrogens with one attached hydrogen (secondary N) is 2. The second-order valence-electron chi connectivity index (χ2n) is 5.28. The lowest BCUT2D eigenvalue weighted by atomic mass is 10.2. The third-order valence-electron chi connectivity index (χ3n) is 3.04. The quantitative estimate of drug-likeness (QED) is 0.781. The molecule has 0 unspecified atom stereocenters. The van der Waals surface area contributed by atoms with Crippen molar-refractivity contribution >= 4 is 27.8 Å². The molecule has 2 N–H and O–H groups in total. The zero-order valence-corrected chi connectivity index (χ0v) is 15.1. The largest absolute Gasteiger partial charge is 0.480 e. The Morgan fingerprint density at radius 2 is 1.83 bits per heavy atom. The lowest BCUT2D eigenvalue weighted by molar-refractivity contribution is -0.126. The van der Waals surface area contributed by atoms with Crippen molar-refractivity contribution in [1.29, 1.82) is 0 Å². The number of hydrogen-bond donors (Lipinski definition) is 2. The third-order valence-corrected chi connectivity index (χ3v) is 3.66. The molecule has 0 spiro atoms. The number of aryl methyl sites for hydroxylation is 3. The first kappa shape index (κ1) is 17.2. The molecule has 0 saturated heterocycles. The van der Waals surface area contributed by atoms with E-state index in [-0.39, 0.29) is 5.91 Å². The van der Waals surface area contributed by atoms with Crippen molar-refractivity contribution < 1.29 is 9.53 Å². The zero-order valence-electron chi connectivity index (χ0n) is 13.5. The molecule has 2 rings (SSSR count). The van der Waals surface area contributed by atoms with Gasteiger partial charge in [-0.1, -0.05) is 6.07 Å². The maximum atomic E-state index is 12.1. The standard InChI is InChI=1S/C16H19BrN4O2/c1-9-5-6-14(13(17)7-9)23-12(4)15(22)20-21-16-18-10(2)8-11(3)19-16/h5-8,12H,1-4H3,(H,20,22)(H,18,19,21)/t12-/m0/s1. The van der Waals surface area contributed by atoms with E-state index >= 15 is 0 Å². The Labute approximate surface area is 143 Å². The summed E-state index contributed by atoms with van der Waals surface area (Å²) in [5, 5.41) is 0. The van der Waals surface area contributed by atoms with Gasteiger partial charge in [0.05, 0.1) is 4.47 Å². The molecule has 23 heavy (non-hydrogen) atoms. The van der Waals surface area contributed by atoms with E-state index in [1.54, 1.807) is 6.92 Å². The summed E-state index contributed by atoms with van der Waals surface area (Å²) in [7, 11) is 0. The van der Waals surface area contributed by atoms with Crippen LogP contribution in [0.15, 0.2) is 28.7 Å². The van der Waals surface area contributed by atoms with Gasteiger partial charge in [-0.3, -0.25) is 15.6 Å². The van der Waals surface area contributed by atoms with Crippen molar-refractivity contribution in [3.8, 4) is 5.75 Å². The number of anilines is 1. The summed E-state index contributed by atoms with van der Waals surface area (Å²) in [5.74, 6) is 0.640. The van der Waals surface area contributed by atoms with Crippen LogP contribution in [0.3, 0.4) is 0 Å². The van der Waals surface area contributed by atoms with Crippen molar-refractivity contribution in [1.82, 2.24) is 15.4 Å². The average Bonchev–Trinajstić information content (AvgIpc) is 2.46. The number of carbonyl (C=O) groups excluding carboxylic acids is 1. The Balaban J connectivity index is 1.94. The highest BCUT2D eigenvalue weighted by Crippen LogP contribution is 2.26. The van der Waals surface area contributed by atoms with Crippen LogP contribution in [-0.2, 0) is 4.79 Å². The summed E-state index contributed by atoms with van der Waals surface area (Å²) in [4.78, 5) is 20.5. The Kier molecular flexibility index (Phi) is 5.54. The number of ether oxygens (including phenoxy) is 1. The fourth-order valence-electron chi connectivity index (χ4n) is 1.95. The highest BCUT2D eigenvalue weighted by molar-refractivity contribution is 9.10. The molecule has 122 valence electrons. The van der Waals surface area contributed by atoms with Crippen molar-refractivity contribution in [2.45, 2.75) is 33.8 Å². The van der Waals surface area contributed by atoms with E-state index in [0.717, 1.165) is 21.4 Å². The molecule has 1 heterocycles. The molecule has 1 amide bonds. The fraction of sp³-hybridized carbons (Fsp3) is 0.312. The number of rotatable bonds is 5. The molecule has 0 aliphatic heterocycles. The van der Waals surface area contributed by atoms with Gasteiger partial charge < -0.3 is 4.74 Å². The van der Waals surface area contributed by atoms with Crippen LogP contribution in [0.4, 0.5) is 5.95 Å². The van der Waals surface area contributed by atoms with Gasteiger partial charge in [-0.05, 0) is 67.4 Å². The molecule has 0 radical (unpaired) electrons. The van der Waals surface area contributed by atoms with E-state index in [1.807, 2.05) is 45.0 Å². The minimum atomic E-state index is -0.674. The van der Waals surface area contributed by atoms with Gasteiger partial charge in [0.1, 0.15) is 5.75 Å². The first-order chi connectivity index (χ1) is 10.8. The summed E-state index contributed by atoms with van der Waals surface area (Å²) in [6, 6.07) is 7.53. The van der Waals surface area contributed by atoms with Crippen molar-refractivity contribution in [3.63, 3.8) is 0 Å². The summed E-state index contributed by atoms with van der Waals surface area (Å²) in [6.07, 6.45) is -0.674. The minimum absolute atomic E-state index is 0.319. The molecule has 0 aliphatic carbocycles. The predicted molar refractivity (Wildman–Crippen MR) is 92.2 cm³/mol. The summed E-state index contributed by atoms with van der Waals surface area (Å²) < 4.78 is 6.47. The topological polar surface area (TPSA) is 76.1 Å². The molecule has 0 fully saturated rings. The Morgan fingerprint density at radius 3 is 2.43 bits per heavy atom. The van der Waals surface area contributed by atoms with Gasteiger partial charge >= 0.3 is 0 Å². The predicted octanol–water partition coefficient (Wildman–Crippen LogP) is 3.07. The number of hydrogen-bond acceptors (Lipinski definition) is 5. The highest BCUT2D eigenvalue weighted by atomic mass is 79.9. The van der Waals surface area contributed by atoms with Crippen molar-refractivity contribution in [2.75, 3.05) is 5.43 Å². The number of benzene rings is 1. The molecule has 6 nitrogen and oxygen atoms in total. The maximum absolute atomic E-state index is 12.1. The number of nitrogens with zero attached hydrogens (tertiary/aromatic N) is 2. The SMILES string of the molecule is Cc1ccc(O[C@@H](C)C(=O)NNc2nc(C)cc(C)n2)c(Br)c1. The van der Waals surface area contributed by atoms with Gasteiger partial charge in [-0.25, -0.2) is 9.97 Å². The monoisotopic (exact) mass is 378 g/mol. The number of hydrazine groups is 1. The van der Waals surface area contributed by atoms with Gasteiger partial charge in [0.2, 0.25) is 5.95 Å². The molecular formula is C16H19BrN4O2. The molecule has 0 saturated carbocycles. The molecule has 0 aliphatic rings. The van der Waals surface area contributed by atoms with E-state index in [2.05, 4.69) is 36.7 Å². The van der Waals surface area contributed by atoms with Crippen molar-refractivity contribution in [3.05, 3.63) is 45.7 Å². The number of aromatic nitrogens is 2. The molecule has 1 atom stereocenters. The van der Waals surface area contributed by atoms with Crippen LogP contribution in [0.5, 0.6) is 5.75 Å². The van der Waals surface area contributed by atoms with Crippen LogP contribution >= 0.6 is 15.9 Å². The first-order valence-corrected chi connectivity index (χ1v) is 7.95. The van der Waals surface area contributed by atoms with E-state index < -0.39 is 6.10 Å². The molecule has 7 heteroatoms. The Morgan fingerprint density at radius 1 is 1.17 bits per heavy atom. The zero-order chi connectivity index (χ0) is 17.0. The Bertz CT molecular complexity index is 701. The maximum Gasteiger partial charge on any atom is 0.279 e. The molecule has 1 aromatic carbocycles. The first-order valence-electron chi connectivity index (χ1n) is 7.16. The van der Waals surface area contributed by atoms with Gasteiger partial charge in [0.15, 0.2) is 6.10 Å². The molecule has 1 aromatic heterocycles. The third kappa shape index (κ3) is 4.92. The molecule has 0 bridgehead atoms. The molecule has 2 aromatic rings. The van der Waals surface area contributed by atoms with Crippen LogP contribution in [0.2, 0.25) is 0 Å².